The van der Waals surface area contributed by atoms with Crippen LogP contribution in [0.2, 0.25) is 0 Å². The molecule has 1 aromatic heterocycles. The van der Waals surface area contributed by atoms with Gasteiger partial charge in [-0.3, -0.25) is 4.79 Å². The molecule has 0 radical (unpaired) electrons. The number of carbonyl (C=O) groups excluding carboxylic acids is 1. The smallest absolute Gasteiger partial charge is 0.226 e. The van der Waals surface area contributed by atoms with E-state index in [2.05, 4.69) is 19.2 Å². The van der Waals surface area contributed by atoms with Crippen LogP contribution >= 0.6 is 0 Å². The van der Waals surface area contributed by atoms with Crippen molar-refractivity contribution in [2.75, 3.05) is 11.9 Å². The summed E-state index contributed by atoms with van der Waals surface area (Å²) in [5.74, 6) is 2.15. The van der Waals surface area contributed by atoms with Crippen molar-refractivity contribution in [2.24, 2.45) is 5.41 Å². The van der Waals surface area contributed by atoms with E-state index in [0.29, 0.717) is 30.4 Å². The van der Waals surface area contributed by atoms with Gasteiger partial charge in [0.2, 0.25) is 5.95 Å². The fourth-order valence-electron chi connectivity index (χ4n) is 4.60. The first-order valence-electron chi connectivity index (χ1n) is 10.9. The zero-order chi connectivity index (χ0) is 22.5. The first-order chi connectivity index (χ1) is 15.3. The van der Waals surface area contributed by atoms with E-state index < -0.39 is 0 Å². The van der Waals surface area contributed by atoms with Gasteiger partial charge in [-0.2, -0.15) is 4.98 Å². The molecule has 164 valence electrons. The molecule has 0 saturated carbocycles. The van der Waals surface area contributed by atoms with Crippen LogP contribution in [-0.4, -0.2) is 32.3 Å². The average molecular weight is 431 g/mol. The summed E-state index contributed by atoms with van der Waals surface area (Å²) in [5.41, 5.74) is 3.19. The second-order valence-corrected chi connectivity index (χ2v) is 9.12. The maximum Gasteiger partial charge on any atom is 0.226 e. The van der Waals surface area contributed by atoms with E-state index in [0.717, 1.165) is 29.0 Å². The standard InChI is InChI=1S/C25H26N4O3/c1-4-32-18-10-8-15(9-11-18)22-21-19(13-25(2,3)14-20(21)31)26-24-27-23(28-29(22)24)16-6-5-7-17(30)12-16/h5-12,22,30H,4,13-14H2,1-3H3,(H,26,27,28). The maximum atomic E-state index is 13.3. The lowest BCUT2D eigenvalue weighted by Gasteiger charge is -2.38. The van der Waals surface area contributed by atoms with Crippen LogP contribution < -0.4 is 10.1 Å². The van der Waals surface area contributed by atoms with E-state index in [1.165, 1.54) is 0 Å². The summed E-state index contributed by atoms with van der Waals surface area (Å²) >= 11 is 0. The zero-order valence-corrected chi connectivity index (χ0v) is 18.4. The van der Waals surface area contributed by atoms with E-state index in [-0.39, 0.29) is 23.0 Å². The number of fused-ring (bicyclic) bond motifs is 1. The van der Waals surface area contributed by atoms with Crippen LogP contribution in [0.15, 0.2) is 59.8 Å². The number of phenols is 1. The average Bonchev–Trinajstić information content (AvgIpc) is 3.16. The Bertz CT molecular complexity index is 1220. The first-order valence-corrected chi connectivity index (χ1v) is 10.9. The van der Waals surface area contributed by atoms with Gasteiger partial charge in [-0.1, -0.05) is 38.1 Å². The molecule has 0 bridgehead atoms. The van der Waals surface area contributed by atoms with Crippen LogP contribution in [0.25, 0.3) is 11.4 Å². The van der Waals surface area contributed by atoms with Crippen molar-refractivity contribution in [2.45, 2.75) is 39.7 Å². The van der Waals surface area contributed by atoms with Gasteiger partial charge in [-0.15, -0.1) is 5.10 Å². The number of Topliss-reactive ketones (excluding diaryl/α,β-unsaturated/α-hetero) is 1. The summed E-state index contributed by atoms with van der Waals surface area (Å²) in [6.45, 7) is 6.76. The minimum absolute atomic E-state index is 0.122. The van der Waals surface area contributed by atoms with Gasteiger partial charge in [0.25, 0.3) is 0 Å². The summed E-state index contributed by atoms with van der Waals surface area (Å²) in [4.78, 5) is 18.0. The fraction of sp³-hybridized carbons (Fsp3) is 0.320. The van der Waals surface area contributed by atoms with E-state index in [4.69, 9.17) is 14.8 Å². The summed E-state index contributed by atoms with van der Waals surface area (Å²) < 4.78 is 7.38. The molecule has 1 aliphatic carbocycles. The molecule has 1 aliphatic heterocycles. The van der Waals surface area contributed by atoms with Gasteiger partial charge in [0.15, 0.2) is 11.6 Å². The number of ketones is 1. The van der Waals surface area contributed by atoms with Crippen LogP contribution in [-0.2, 0) is 4.79 Å². The molecular weight excluding hydrogens is 404 g/mol. The molecule has 2 N–H and O–H groups in total. The molecule has 0 saturated heterocycles. The predicted molar refractivity (Wildman–Crippen MR) is 122 cm³/mol. The fourth-order valence-corrected chi connectivity index (χ4v) is 4.60. The van der Waals surface area contributed by atoms with Crippen molar-refractivity contribution in [1.29, 1.82) is 0 Å². The zero-order valence-electron chi connectivity index (χ0n) is 18.4. The highest BCUT2D eigenvalue weighted by Crippen LogP contribution is 2.45. The van der Waals surface area contributed by atoms with Gasteiger partial charge in [0.1, 0.15) is 17.5 Å². The maximum absolute atomic E-state index is 13.3. The molecule has 0 spiro atoms. The van der Waals surface area contributed by atoms with Gasteiger partial charge < -0.3 is 15.2 Å². The molecule has 1 atom stereocenters. The molecular formula is C25H26N4O3. The number of anilines is 1. The van der Waals surface area contributed by atoms with E-state index >= 15 is 0 Å². The van der Waals surface area contributed by atoms with Crippen molar-refractivity contribution in [3.8, 4) is 22.9 Å². The van der Waals surface area contributed by atoms with Crippen molar-refractivity contribution in [3.05, 3.63) is 65.4 Å². The molecule has 5 rings (SSSR count). The lowest BCUT2D eigenvalue weighted by molar-refractivity contribution is -0.118. The molecule has 1 unspecified atom stereocenters. The molecule has 7 heteroatoms. The Morgan fingerprint density at radius 1 is 1.19 bits per heavy atom. The second-order valence-electron chi connectivity index (χ2n) is 9.12. The third-order valence-electron chi connectivity index (χ3n) is 5.94. The Labute approximate surface area is 186 Å². The van der Waals surface area contributed by atoms with Gasteiger partial charge >= 0.3 is 0 Å². The predicted octanol–water partition coefficient (Wildman–Crippen LogP) is 4.71. The number of hydrogen-bond acceptors (Lipinski definition) is 6. The van der Waals surface area contributed by atoms with Gasteiger partial charge in [-0.05, 0) is 48.6 Å². The Hall–Kier alpha value is -3.61. The summed E-state index contributed by atoms with van der Waals surface area (Å²) in [7, 11) is 0. The third kappa shape index (κ3) is 3.53. The number of aromatic hydroxyl groups is 1. The summed E-state index contributed by atoms with van der Waals surface area (Å²) in [5, 5.41) is 18.0. The summed E-state index contributed by atoms with van der Waals surface area (Å²) in [6, 6.07) is 14.3. The Balaban J connectivity index is 1.64. The molecule has 0 fully saturated rings. The van der Waals surface area contributed by atoms with Gasteiger partial charge in [0, 0.05) is 23.3 Å². The van der Waals surface area contributed by atoms with Gasteiger partial charge in [0.05, 0.1) is 6.61 Å². The Morgan fingerprint density at radius 2 is 1.97 bits per heavy atom. The number of rotatable bonds is 4. The molecule has 3 aromatic rings. The van der Waals surface area contributed by atoms with Crippen LogP contribution in [0.1, 0.15) is 45.2 Å². The summed E-state index contributed by atoms with van der Waals surface area (Å²) in [6.07, 6.45) is 1.25. The number of nitrogens with one attached hydrogen (secondary N) is 1. The molecule has 2 aliphatic rings. The highest BCUT2D eigenvalue weighted by atomic mass is 16.5. The van der Waals surface area contributed by atoms with E-state index in [1.807, 2.05) is 37.3 Å². The quantitative estimate of drug-likeness (QED) is 0.623. The highest BCUT2D eigenvalue weighted by molar-refractivity contribution is 6.00. The number of ether oxygens (including phenoxy) is 1. The lowest BCUT2D eigenvalue weighted by atomic mass is 9.73. The van der Waals surface area contributed by atoms with Crippen molar-refractivity contribution < 1.29 is 14.6 Å². The highest BCUT2D eigenvalue weighted by Gasteiger charge is 2.41. The number of aromatic nitrogens is 3. The number of benzene rings is 2. The minimum atomic E-state index is -0.376. The molecule has 2 aromatic carbocycles. The number of allylic oxidation sites excluding steroid dienone is 2. The Morgan fingerprint density at radius 3 is 2.69 bits per heavy atom. The van der Waals surface area contributed by atoms with Crippen LogP contribution in [0.4, 0.5) is 5.95 Å². The first kappa shape index (κ1) is 20.3. The van der Waals surface area contributed by atoms with Crippen molar-refractivity contribution in [1.82, 2.24) is 14.8 Å². The number of nitrogens with zero attached hydrogens (tertiary/aromatic N) is 3. The van der Waals surface area contributed by atoms with Crippen molar-refractivity contribution >= 4 is 11.7 Å². The molecule has 2 heterocycles. The van der Waals surface area contributed by atoms with Gasteiger partial charge in [-0.25, -0.2) is 4.68 Å². The topological polar surface area (TPSA) is 89.3 Å². The third-order valence-corrected chi connectivity index (χ3v) is 5.94. The number of carbonyl (C=O) groups is 1. The van der Waals surface area contributed by atoms with Crippen LogP contribution in [0, 0.1) is 5.41 Å². The molecule has 0 amide bonds. The Kier molecular flexibility index (Phi) is 4.77. The number of hydrogen-bond donors (Lipinski definition) is 2. The lowest BCUT2D eigenvalue weighted by Crippen LogP contribution is -2.36. The van der Waals surface area contributed by atoms with Crippen molar-refractivity contribution in [3.63, 3.8) is 0 Å². The normalized spacial score (nSPS) is 19.2. The van der Waals surface area contributed by atoms with E-state index in [1.54, 1.807) is 22.9 Å². The SMILES string of the molecule is CCOc1ccc(C2C3=C(CC(C)(C)CC3=O)Nc3nc(-c4cccc(O)c4)nn32)cc1. The molecule has 32 heavy (non-hydrogen) atoms. The number of phenolic OH excluding ortho intramolecular Hbond substituents is 1. The van der Waals surface area contributed by atoms with Crippen LogP contribution in [0.5, 0.6) is 11.5 Å². The monoisotopic (exact) mass is 430 g/mol. The minimum Gasteiger partial charge on any atom is -0.508 e. The molecule has 7 nitrogen and oxygen atoms in total. The van der Waals surface area contributed by atoms with Crippen LogP contribution in [0.3, 0.4) is 0 Å². The largest absolute Gasteiger partial charge is 0.508 e. The second kappa shape index (κ2) is 7.51. The van der Waals surface area contributed by atoms with E-state index in [9.17, 15) is 9.90 Å².